The zero-order chi connectivity index (χ0) is 22.3. The smallest absolute Gasteiger partial charge is 0.212 e. The summed E-state index contributed by atoms with van der Waals surface area (Å²) in [6, 6.07) is 18.1. The van der Waals surface area contributed by atoms with Gasteiger partial charge in [0.2, 0.25) is 6.41 Å². The number of H-pyrrole nitrogens is 1. The van der Waals surface area contributed by atoms with Crippen LogP contribution in [-0.2, 0) is 17.8 Å². The van der Waals surface area contributed by atoms with Crippen LogP contribution in [0.1, 0.15) is 36.8 Å². The van der Waals surface area contributed by atoms with Crippen molar-refractivity contribution in [1.82, 2.24) is 30.2 Å². The summed E-state index contributed by atoms with van der Waals surface area (Å²) < 4.78 is 1.91. The second-order valence-electron chi connectivity index (χ2n) is 7.28. The molecule has 160 valence electrons. The Morgan fingerprint density at radius 1 is 1.16 bits per heavy atom. The van der Waals surface area contributed by atoms with Crippen molar-refractivity contribution in [3.63, 3.8) is 0 Å². The highest BCUT2D eigenvalue weighted by Crippen LogP contribution is 2.30. The molecule has 0 aliphatic carbocycles. The maximum Gasteiger partial charge on any atom is 0.212 e. The molecule has 0 unspecified atom stereocenters. The largest absolute Gasteiger partial charge is 0.312 e. The first-order valence-electron chi connectivity index (χ1n) is 10.4. The van der Waals surface area contributed by atoms with E-state index in [1.165, 1.54) is 0 Å². The molecule has 1 amide bonds. The fourth-order valence-electron chi connectivity index (χ4n) is 3.66. The number of nitrogens with zero attached hydrogens (tertiary/aromatic N) is 6. The van der Waals surface area contributed by atoms with Crippen LogP contribution < -0.4 is 5.32 Å². The number of nitrogens with one attached hydrogen (secondary N) is 2. The van der Waals surface area contributed by atoms with Crippen molar-refractivity contribution in [3.05, 3.63) is 65.6 Å². The Morgan fingerprint density at radius 3 is 2.59 bits per heavy atom. The second kappa shape index (κ2) is 9.66. The van der Waals surface area contributed by atoms with Gasteiger partial charge in [0, 0.05) is 12.0 Å². The van der Waals surface area contributed by atoms with Crippen molar-refractivity contribution in [2.45, 2.75) is 32.7 Å². The predicted molar refractivity (Wildman–Crippen MR) is 119 cm³/mol. The van der Waals surface area contributed by atoms with Crippen molar-refractivity contribution < 1.29 is 4.79 Å². The average molecular weight is 426 g/mol. The minimum Gasteiger partial charge on any atom is -0.312 e. The third kappa shape index (κ3) is 4.25. The molecule has 0 radical (unpaired) electrons. The van der Waals surface area contributed by atoms with Crippen LogP contribution in [0.5, 0.6) is 0 Å². The number of hydrogen-bond donors (Lipinski definition) is 2. The summed E-state index contributed by atoms with van der Waals surface area (Å²) in [4.78, 5) is 15.6. The van der Waals surface area contributed by atoms with Crippen molar-refractivity contribution in [1.29, 1.82) is 5.26 Å². The molecule has 9 heteroatoms. The van der Waals surface area contributed by atoms with Crippen LogP contribution in [0.25, 0.3) is 22.5 Å². The molecule has 0 aliphatic rings. The van der Waals surface area contributed by atoms with Crippen LogP contribution in [0.3, 0.4) is 0 Å². The van der Waals surface area contributed by atoms with Crippen LogP contribution in [-0.4, -0.2) is 36.6 Å². The van der Waals surface area contributed by atoms with Gasteiger partial charge in [-0.05, 0) is 33.5 Å². The summed E-state index contributed by atoms with van der Waals surface area (Å²) in [6.07, 6.45) is 3.29. The molecular formula is C23H22N8O. The van der Waals surface area contributed by atoms with E-state index in [2.05, 4.69) is 43.9 Å². The Hall–Kier alpha value is -4.32. The third-order valence-corrected chi connectivity index (χ3v) is 5.24. The normalized spacial score (nSPS) is 10.6. The zero-order valence-corrected chi connectivity index (χ0v) is 17.6. The lowest BCUT2D eigenvalue weighted by molar-refractivity contribution is -0.105. The van der Waals surface area contributed by atoms with Crippen LogP contribution >= 0.6 is 0 Å². The lowest BCUT2D eigenvalue weighted by Gasteiger charge is -2.13. The molecule has 2 heterocycles. The standard InChI is InChI=1S/C23H22N8O/c1-2-3-8-21-26-20(13-24)23(25-15-32)31(21)14-16-9-11-17(12-10-16)18-6-4-5-7-19(18)22-27-29-30-28-22/h4-7,9-12,15H,2-3,8,14H2,1H3,(H,25,32)(H,27,28,29,30). The Bertz CT molecular complexity index is 1240. The first-order valence-corrected chi connectivity index (χ1v) is 10.4. The fourth-order valence-corrected chi connectivity index (χ4v) is 3.66. The molecule has 2 aromatic heterocycles. The predicted octanol–water partition coefficient (Wildman–Crippen LogP) is 3.56. The maximum absolute atomic E-state index is 11.1. The van der Waals surface area contributed by atoms with Crippen LogP contribution in [0.4, 0.5) is 5.82 Å². The molecular weight excluding hydrogens is 404 g/mol. The van der Waals surface area contributed by atoms with E-state index in [1.54, 1.807) is 0 Å². The SMILES string of the molecule is CCCCc1nc(C#N)c(NC=O)n1Cc1ccc(-c2ccccc2-c2nnn[nH]2)cc1. The number of aryl methyl sites for hydroxylation is 1. The zero-order valence-electron chi connectivity index (χ0n) is 17.6. The van der Waals surface area contributed by atoms with Crippen LogP contribution in [0, 0.1) is 11.3 Å². The number of nitriles is 1. The molecule has 0 spiro atoms. The van der Waals surface area contributed by atoms with E-state index >= 15 is 0 Å². The van der Waals surface area contributed by atoms with E-state index in [0.29, 0.717) is 24.6 Å². The first kappa shape index (κ1) is 20.9. The highest BCUT2D eigenvalue weighted by Gasteiger charge is 2.17. The van der Waals surface area contributed by atoms with Gasteiger partial charge >= 0.3 is 0 Å². The number of hydrogen-bond acceptors (Lipinski definition) is 6. The maximum atomic E-state index is 11.1. The number of tetrazole rings is 1. The van der Waals surface area contributed by atoms with Crippen LogP contribution in [0.2, 0.25) is 0 Å². The third-order valence-electron chi connectivity index (χ3n) is 5.24. The summed E-state index contributed by atoms with van der Waals surface area (Å²) in [5.41, 5.74) is 4.22. The van der Waals surface area contributed by atoms with Crippen LogP contribution in [0.15, 0.2) is 48.5 Å². The van der Waals surface area contributed by atoms with Crippen molar-refractivity contribution in [2.24, 2.45) is 0 Å². The molecule has 0 atom stereocenters. The van der Waals surface area contributed by atoms with Crippen molar-refractivity contribution >= 4 is 12.2 Å². The van der Waals surface area contributed by atoms with E-state index in [4.69, 9.17) is 0 Å². The molecule has 2 N–H and O–H groups in total. The Labute approximate surface area is 185 Å². The minimum atomic E-state index is 0.231. The first-order chi connectivity index (χ1) is 15.7. The Balaban J connectivity index is 1.65. The highest BCUT2D eigenvalue weighted by atomic mass is 16.1. The minimum absolute atomic E-state index is 0.231. The van der Waals surface area contributed by atoms with E-state index < -0.39 is 0 Å². The number of imidazole rings is 1. The lowest BCUT2D eigenvalue weighted by atomic mass is 9.98. The van der Waals surface area contributed by atoms with Gasteiger partial charge in [0.15, 0.2) is 17.3 Å². The van der Waals surface area contributed by atoms with Crippen molar-refractivity contribution in [2.75, 3.05) is 5.32 Å². The summed E-state index contributed by atoms with van der Waals surface area (Å²) >= 11 is 0. The fraction of sp³-hybridized carbons (Fsp3) is 0.217. The summed E-state index contributed by atoms with van der Waals surface area (Å²) in [6.45, 7) is 2.60. The molecule has 0 fully saturated rings. The number of benzene rings is 2. The molecule has 2 aromatic carbocycles. The highest BCUT2D eigenvalue weighted by molar-refractivity contribution is 5.80. The number of aromatic amines is 1. The number of carbonyl (C=O) groups is 1. The van der Waals surface area contributed by atoms with Gasteiger partial charge < -0.3 is 9.88 Å². The van der Waals surface area contributed by atoms with Crippen molar-refractivity contribution in [3.8, 4) is 28.6 Å². The van der Waals surface area contributed by atoms with Gasteiger partial charge in [-0.2, -0.15) is 5.26 Å². The van der Waals surface area contributed by atoms with E-state index in [-0.39, 0.29) is 5.69 Å². The average Bonchev–Trinajstić information content (AvgIpc) is 3.48. The van der Waals surface area contributed by atoms with E-state index in [9.17, 15) is 10.1 Å². The van der Waals surface area contributed by atoms with Gasteiger partial charge in [0.25, 0.3) is 0 Å². The molecule has 0 saturated heterocycles. The van der Waals surface area contributed by atoms with Gasteiger partial charge in [-0.1, -0.05) is 61.9 Å². The number of anilines is 1. The van der Waals surface area contributed by atoms with Gasteiger partial charge in [0.05, 0.1) is 6.54 Å². The second-order valence-corrected chi connectivity index (χ2v) is 7.28. The Kier molecular flexibility index (Phi) is 6.32. The number of rotatable bonds is 9. The van der Waals surface area contributed by atoms with Gasteiger partial charge in [-0.15, -0.1) is 5.10 Å². The van der Waals surface area contributed by atoms with Gasteiger partial charge in [-0.3, -0.25) is 4.79 Å². The summed E-state index contributed by atoms with van der Waals surface area (Å²) in [7, 11) is 0. The van der Waals surface area contributed by atoms with Gasteiger partial charge in [0.1, 0.15) is 11.9 Å². The topological polar surface area (TPSA) is 125 Å². The number of unbranched alkanes of at least 4 members (excludes halogenated alkanes) is 1. The summed E-state index contributed by atoms with van der Waals surface area (Å²) in [5.74, 6) is 1.83. The molecule has 0 bridgehead atoms. The molecule has 0 saturated carbocycles. The monoisotopic (exact) mass is 426 g/mol. The Morgan fingerprint density at radius 2 is 1.94 bits per heavy atom. The molecule has 0 aliphatic heterocycles. The van der Waals surface area contributed by atoms with Gasteiger partial charge in [-0.25, -0.2) is 10.1 Å². The number of carbonyl (C=O) groups excluding carboxylic acids is 1. The quantitative estimate of drug-likeness (QED) is 0.394. The lowest BCUT2D eigenvalue weighted by Crippen LogP contribution is -2.10. The van der Waals surface area contributed by atoms with E-state index in [1.807, 2.05) is 53.1 Å². The molecule has 32 heavy (non-hydrogen) atoms. The molecule has 4 rings (SSSR count). The van der Waals surface area contributed by atoms with E-state index in [0.717, 1.165) is 47.3 Å². The number of aromatic nitrogens is 6. The number of amides is 1. The molecule has 4 aromatic rings. The summed E-state index contributed by atoms with van der Waals surface area (Å²) in [5, 5.41) is 26.3. The molecule has 9 nitrogen and oxygen atoms in total.